The smallest absolute Gasteiger partial charge is 0.321 e. The number of amides is 5. The van der Waals surface area contributed by atoms with Crippen molar-refractivity contribution in [1.82, 2.24) is 24.9 Å². The second kappa shape index (κ2) is 12.3. The molecule has 222 valence electrons. The van der Waals surface area contributed by atoms with Crippen LogP contribution in [-0.2, 0) is 22.7 Å². The van der Waals surface area contributed by atoms with E-state index in [1.807, 2.05) is 0 Å². The molecule has 1 saturated heterocycles. The van der Waals surface area contributed by atoms with E-state index in [9.17, 15) is 23.6 Å². The van der Waals surface area contributed by atoms with Crippen molar-refractivity contribution in [3.63, 3.8) is 0 Å². The molecule has 1 aromatic heterocycles. The van der Waals surface area contributed by atoms with Crippen molar-refractivity contribution in [1.29, 1.82) is 0 Å². The lowest BCUT2D eigenvalue weighted by molar-refractivity contribution is -0.137. The topological polar surface area (TPSA) is 169 Å². The zero-order valence-electron chi connectivity index (χ0n) is 22.8. The lowest BCUT2D eigenvalue weighted by Gasteiger charge is -2.30. The summed E-state index contributed by atoms with van der Waals surface area (Å²) in [6.45, 7) is 0.514. The van der Waals surface area contributed by atoms with Crippen molar-refractivity contribution >= 4 is 51.9 Å². The van der Waals surface area contributed by atoms with E-state index in [-0.39, 0.29) is 59.9 Å². The van der Waals surface area contributed by atoms with Crippen LogP contribution in [0.2, 0.25) is 5.02 Å². The minimum Gasteiger partial charge on any atom is -0.364 e. The molecule has 2 fully saturated rings. The molecule has 6 N–H and O–H groups in total. The average molecular weight is 599 g/mol. The number of aromatic nitrogens is 2. The third-order valence-electron chi connectivity index (χ3n) is 7.39. The van der Waals surface area contributed by atoms with Crippen molar-refractivity contribution in [2.75, 3.05) is 25.0 Å². The first kappa shape index (κ1) is 29.3. The molecule has 1 aliphatic heterocycles. The molecule has 14 heteroatoms. The summed E-state index contributed by atoms with van der Waals surface area (Å²) in [4.78, 5) is 54.1. The van der Waals surface area contributed by atoms with Gasteiger partial charge in [0.05, 0.1) is 17.1 Å². The van der Waals surface area contributed by atoms with Crippen LogP contribution in [0.25, 0.3) is 10.9 Å². The van der Waals surface area contributed by atoms with Gasteiger partial charge in [0.2, 0.25) is 11.8 Å². The van der Waals surface area contributed by atoms with Gasteiger partial charge >= 0.3 is 6.03 Å². The van der Waals surface area contributed by atoms with Crippen LogP contribution in [0.15, 0.2) is 36.4 Å². The minimum atomic E-state index is -0.789. The van der Waals surface area contributed by atoms with Crippen molar-refractivity contribution in [3.05, 3.63) is 58.5 Å². The summed E-state index contributed by atoms with van der Waals surface area (Å²) >= 11 is 5.81. The van der Waals surface area contributed by atoms with Gasteiger partial charge in [-0.1, -0.05) is 23.7 Å². The summed E-state index contributed by atoms with van der Waals surface area (Å²) in [5, 5.41) is 10.1. The van der Waals surface area contributed by atoms with Gasteiger partial charge in [0.15, 0.2) is 5.69 Å². The lowest BCUT2D eigenvalue weighted by Crippen LogP contribution is -2.47. The quantitative estimate of drug-likeness (QED) is 0.294. The van der Waals surface area contributed by atoms with E-state index in [2.05, 4.69) is 15.7 Å². The molecular weight excluding hydrogens is 567 g/mol. The van der Waals surface area contributed by atoms with Crippen LogP contribution in [0, 0.1) is 5.82 Å². The van der Waals surface area contributed by atoms with E-state index in [1.54, 1.807) is 29.2 Å². The molecule has 5 rings (SSSR count). The molecule has 0 unspecified atom stereocenters. The Hall–Kier alpha value is -4.23. The molecule has 2 heterocycles. The highest BCUT2D eigenvalue weighted by Crippen LogP contribution is 2.28. The first-order chi connectivity index (χ1) is 20.1. The summed E-state index contributed by atoms with van der Waals surface area (Å²) in [5.41, 5.74) is 12.7. The van der Waals surface area contributed by atoms with E-state index in [0.29, 0.717) is 29.7 Å². The fourth-order valence-corrected chi connectivity index (χ4v) is 5.27. The number of nitrogens with two attached hydrogens (primary N) is 2. The normalized spacial score (nSPS) is 16.7. The van der Waals surface area contributed by atoms with E-state index in [0.717, 1.165) is 25.7 Å². The highest BCUT2D eigenvalue weighted by atomic mass is 35.5. The maximum Gasteiger partial charge on any atom is 0.321 e. The van der Waals surface area contributed by atoms with Gasteiger partial charge in [0.25, 0.3) is 5.91 Å². The van der Waals surface area contributed by atoms with Gasteiger partial charge in [-0.2, -0.15) is 5.10 Å². The fourth-order valence-electron chi connectivity index (χ4n) is 5.07. The summed E-state index contributed by atoms with van der Waals surface area (Å²) in [5.74, 6) is -2.22. The molecule has 0 radical (unpaired) electrons. The van der Waals surface area contributed by atoms with Gasteiger partial charge in [0, 0.05) is 48.4 Å². The van der Waals surface area contributed by atoms with Gasteiger partial charge in [-0.15, -0.1) is 0 Å². The molecule has 1 atom stereocenters. The first-order valence-electron chi connectivity index (χ1n) is 13.7. The van der Waals surface area contributed by atoms with Crippen LogP contribution < -0.4 is 22.1 Å². The number of nitrogens with zero attached hydrogens (tertiary/aromatic N) is 4. The standard InChI is InChI=1S/C28H32ClFN8O4/c29-21-5-1-3-16(25(21)30)12-33-23(39)14-37(19-7-8-19)24(40)15-38-22-9-6-18(11-20(22)26(35-38)27(32)41)34-28(42)36-10-2-4-17(31)13-36/h1,3,5-6,9,11,17,19H,2,4,7-8,10,12-15,31H2,(H2,32,41)(H,33,39)(H,34,42)/t17-/m0/s1. The zero-order valence-corrected chi connectivity index (χ0v) is 23.6. The predicted octanol–water partition coefficient (Wildman–Crippen LogP) is 2.19. The third-order valence-corrected chi connectivity index (χ3v) is 7.69. The highest BCUT2D eigenvalue weighted by molar-refractivity contribution is 6.30. The number of carbonyl (C=O) groups is 4. The number of piperidine rings is 1. The van der Waals surface area contributed by atoms with Crippen LogP contribution >= 0.6 is 11.6 Å². The van der Waals surface area contributed by atoms with Gasteiger partial charge in [-0.3, -0.25) is 19.1 Å². The summed E-state index contributed by atoms with van der Waals surface area (Å²) in [7, 11) is 0. The molecule has 1 saturated carbocycles. The van der Waals surface area contributed by atoms with Crippen molar-refractivity contribution in [3.8, 4) is 0 Å². The lowest BCUT2D eigenvalue weighted by atomic mass is 10.1. The van der Waals surface area contributed by atoms with Crippen LogP contribution in [0.1, 0.15) is 41.7 Å². The molecule has 3 aromatic rings. The number of halogens is 2. The number of nitrogens with one attached hydrogen (secondary N) is 2. The Morgan fingerprint density at radius 2 is 1.93 bits per heavy atom. The molecule has 0 spiro atoms. The fraction of sp³-hybridized carbons (Fsp3) is 0.393. The average Bonchev–Trinajstić information content (AvgIpc) is 3.74. The van der Waals surface area contributed by atoms with E-state index in [4.69, 9.17) is 23.1 Å². The maximum atomic E-state index is 14.2. The molecule has 0 bridgehead atoms. The SMILES string of the molecule is NC(=O)c1nn(CC(=O)N(CC(=O)NCc2cccc(Cl)c2F)C2CC2)c2ccc(NC(=O)N3CCC[C@H](N)C3)cc12. The van der Waals surface area contributed by atoms with Crippen LogP contribution in [-0.4, -0.2) is 75.1 Å². The molecule has 2 aliphatic rings. The monoisotopic (exact) mass is 598 g/mol. The number of likely N-dealkylation sites (tertiary alicyclic amines) is 1. The van der Waals surface area contributed by atoms with Crippen molar-refractivity contribution in [2.45, 2.75) is 50.9 Å². The second-order valence-electron chi connectivity index (χ2n) is 10.6. The number of hydrogen-bond acceptors (Lipinski definition) is 6. The summed E-state index contributed by atoms with van der Waals surface area (Å²) in [6.07, 6.45) is 3.18. The van der Waals surface area contributed by atoms with Crippen molar-refractivity contribution in [2.24, 2.45) is 11.5 Å². The van der Waals surface area contributed by atoms with Gasteiger partial charge in [-0.05, 0) is 49.9 Å². The number of benzene rings is 2. The number of carbonyl (C=O) groups excluding carboxylic acids is 4. The maximum absolute atomic E-state index is 14.2. The first-order valence-corrected chi connectivity index (χ1v) is 14.1. The van der Waals surface area contributed by atoms with Crippen LogP contribution in [0.3, 0.4) is 0 Å². The third kappa shape index (κ3) is 6.63. The summed E-state index contributed by atoms with van der Waals surface area (Å²) < 4.78 is 15.5. The number of rotatable bonds is 9. The number of urea groups is 1. The van der Waals surface area contributed by atoms with E-state index < -0.39 is 17.6 Å². The molecule has 2 aromatic carbocycles. The number of hydrogen-bond donors (Lipinski definition) is 4. The largest absolute Gasteiger partial charge is 0.364 e. The highest BCUT2D eigenvalue weighted by Gasteiger charge is 2.34. The number of fused-ring (bicyclic) bond motifs is 1. The Morgan fingerprint density at radius 3 is 2.64 bits per heavy atom. The Balaban J connectivity index is 1.28. The number of primary amides is 1. The minimum absolute atomic E-state index is 0.0421. The van der Waals surface area contributed by atoms with Gasteiger partial charge in [0.1, 0.15) is 12.4 Å². The molecular formula is C28H32ClFN8O4. The molecule has 1 aliphatic carbocycles. The van der Waals surface area contributed by atoms with Gasteiger partial charge in [-0.25, -0.2) is 9.18 Å². The Kier molecular flexibility index (Phi) is 8.59. The Bertz CT molecular complexity index is 1540. The predicted molar refractivity (Wildman–Crippen MR) is 154 cm³/mol. The summed E-state index contributed by atoms with van der Waals surface area (Å²) in [6, 6.07) is 8.93. The van der Waals surface area contributed by atoms with E-state index in [1.165, 1.54) is 21.7 Å². The molecule has 42 heavy (non-hydrogen) atoms. The number of anilines is 1. The van der Waals surface area contributed by atoms with Crippen molar-refractivity contribution < 1.29 is 23.6 Å². The van der Waals surface area contributed by atoms with Gasteiger partial charge < -0.3 is 31.9 Å². The molecule has 12 nitrogen and oxygen atoms in total. The Morgan fingerprint density at radius 1 is 1.14 bits per heavy atom. The van der Waals surface area contributed by atoms with Crippen LogP contribution in [0.5, 0.6) is 0 Å². The molecule has 5 amide bonds. The Labute approximate surface area is 246 Å². The van der Waals surface area contributed by atoms with Crippen LogP contribution in [0.4, 0.5) is 14.9 Å². The van der Waals surface area contributed by atoms with E-state index >= 15 is 0 Å². The zero-order chi connectivity index (χ0) is 30.0. The second-order valence-corrected chi connectivity index (χ2v) is 11.0.